The third-order valence-electron chi connectivity index (χ3n) is 4.62. The lowest BCUT2D eigenvalue weighted by Crippen LogP contribution is -2.30. The van der Waals surface area contributed by atoms with Gasteiger partial charge in [0.1, 0.15) is 0 Å². The van der Waals surface area contributed by atoms with E-state index in [2.05, 4.69) is 41.0 Å². The van der Waals surface area contributed by atoms with Crippen molar-refractivity contribution >= 4 is 23.7 Å². The predicted molar refractivity (Wildman–Crippen MR) is 106 cm³/mol. The molecule has 0 spiro atoms. The molecule has 24 heavy (non-hydrogen) atoms. The second-order valence-corrected chi connectivity index (χ2v) is 6.46. The Morgan fingerprint density at radius 3 is 2.83 bits per heavy atom. The summed E-state index contributed by atoms with van der Waals surface area (Å²) in [5.74, 6) is 0. The number of unbranched alkanes of at least 4 members (excludes halogenated alkanes) is 2. The Labute approximate surface area is 150 Å². The number of aryl methyl sites for hydroxylation is 1. The highest BCUT2D eigenvalue weighted by Gasteiger charge is 2.18. The van der Waals surface area contributed by atoms with Gasteiger partial charge in [0.15, 0.2) is 0 Å². The molecule has 130 valence electrons. The summed E-state index contributed by atoms with van der Waals surface area (Å²) >= 11 is 4.70. The third-order valence-corrected chi connectivity index (χ3v) is 4.85. The molecule has 4 N–H and O–H groups in total. The molecule has 0 amide bonds. The Morgan fingerprint density at radius 1 is 1.38 bits per heavy atom. The van der Waals surface area contributed by atoms with Gasteiger partial charge in [-0.25, -0.2) is 0 Å². The van der Waals surface area contributed by atoms with Gasteiger partial charge in [0.05, 0.1) is 11.4 Å². The first-order valence-electron chi connectivity index (χ1n) is 8.71. The maximum absolute atomic E-state index is 6.13. The average molecular weight is 345 g/mol. The summed E-state index contributed by atoms with van der Waals surface area (Å²) in [6.07, 6.45) is 6.07. The molecule has 0 aliphatic carbocycles. The van der Waals surface area contributed by atoms with Gasteiger partial charge in [-0.1, -0.05) is 32.4 Å². The van der Waals surface area contributed by atoms with Crippen LogP contribution in [0.1, 0.15) is 43.7 Å². The molecule has 1 aliphatic rings. The van der Waals surface area contributed by atoms with Gasteiger partial charge >= 0.3 is 0 Å². The zero-order valence-electron chi connectivity index (χ0n) is 14.6. The van der Waals surface area contributed by atoms with Crippen molar-refractivity contribution in [3.05, 3.63) is 47.3 Å². The van der Waals surface area contributed by atoms with Crippen molar-refractivity contribution in [3.8, 4) is 0 Å². The fraction of sp³-hybridized carbons (Fsp3) is 0.474. The first kappa shape index (κ1) is 18.6. The monoisotopic (exact) mass is 344 g/mol. The molecule has 0 saturated carbocycles. The van der Waals surface area contributed by atoms with Gasteiger partial charge < -0.3 is 16.4 Å². The van der Waals surface area contributed by atoms with E-state index in [-0.39, 0.29) is 0 Å². The molecule has 0 radical (unpaired) electrons. The number of nitrogens with zero attached hydrogens (tertiary/aromatic N) is 2. The van der Waals surface area contributed by atoms with E-state index in [1.54, 1.807) is 0 Å². The summed E-state index contributed by atoms with van der Waals surface area (Å²) in [4.78, 5) is 2.50. The Hall–Kier alpha value is -1.72. The largest absolute Gasteiger partial charge is 0.397 e. The van der Waals surface area contributed by atoms with Gasteiger partial charge in [-0.2, -0.15) is 4.36 Å². The van der Waals surface area contributed by atoms with Crippen molar-refractivity contribution in [1.29, 1.82) is 0 Å². The van der Waals surface area contributed by atoms with Crippen LogP contribution in [0.5, 0.6) is 0 Å². The van der Waals surface area contributed by atoms with Crippen LogP contribution in [-0.2, 0) is 18.8 Å². The molecule has 1 aromatic rings. The van der Waals surface area contributed by atoms with E-state index in [0.717, 1.165) is 30.6 Å². The number of benzene rings is 1. The smallest absolute Gasteiger partial charge is 0.0930 e. The van der Waals surface area contributed by atoms with Crippen LogP contribution in [0.25, 0.3) is 5.57 Å². The minimum atomic E-state index is 0.342. The number of hydrogen-bond acceptors (Lipinski definition) is 5. The summed E-state index contributed by atoms with van der Waals surface area (Å²) in [5.41, 5.74) is 17.6. The SMILES string of the molecule is C=C(N=S)/C(N)=C(\CN)c1ccc2c(c1)CCCN2CCCCC. The van der Waals surface area contributed by atoms with E-state index in [1.807, 2.05) is 0 Å². The zero-order chi connectivity index (χ0) is 17.5. The van der Waals surface area contributed by atoms with Crippen molar-refractivity contribution in [3.63, 3.8) is 0 Å². The summed E-state index contributed by atoms with van der Waals surface area (Å²) in [6, 6.07) is 6.52. The summed E-state index contributed by atoms with van der Waals surface area (Å²) in [7, 11) is 0. The van der Waals surface area contributed by atoms with Gasteiger partial charge in [-0.05, 0) is 48.1 Å². The predicted octanol–water partition coefficient (Wildman–Crippen LogP) is 3.50. The molecule has 0 fully saturated rings. The summed E-state index contributed by atoms with van der Waals surface area (Å²) in [5, 5.41) is 0. The highest BCUT2D eigenvalue weighted by molar-refractivity contribution is 7.47. The maximum Gasteiger partial charge on any atom is 0.0930 e. The Morgan fingerprint density at radius 2 is 2.17 bits per heavy atom. The molecular formula is C19H28N4S. The highest BCUT2D eigenvalue weighted by Crippen LogP contribution is 2.31. The van der Waals surface area contributed by atoms with Gasteiger partial charge in [0, 0.05) is 37.7 Å². The van der Waals surface area contributed by atoms with Crippen LogP contribution >= 0.6 is 0 Å². The van der Waals surface area contributed by atoms with Gasteiger partial charge in [-0.15, -0.1) is 0 Å². The van der Waals surface area contributed by atoms with E-state index in [0.29, 0.717) is 17.9 Å². The maximum atomic E-state index is 6.13. The molecule has 5 heteroatoms. The molecule has 0 bridgehead atoms. The Balaban J connectivity index is 2.30. The summed E-state index contributed by atoms with van der Waals surface area (Å²) in [6.45, 7) is 8.65. The lowest BCUT2D eigenvalue weighted by atomic mass is 9.94. The normalized spacial score (nSPS) is 14.8. The number of nitrogens with two attached hydrogens (primary N) is 2. The van der Waals surface area contributed by atoms with Crippen LogP contribution in [0.4, 0.5) is 5.69 Å². The van der Waals surface area contributed by atoms with Crippen LogP contribution in [0, 0.1) is 0 Å². The quantitative estimate of drug-likeness (QED) is 0.559. The fourth-order valence-corrected chi connectivity index (χ4v) is 3.35. The third kappa shape index (κ3) is 4.22. The van der Waals surface area contributed by atoms with Crippen molar-refractivity contribution < 1.29 is 0 Å². The molecular weight excluding hydrogens is 316 g/mol. The molecule has 0 atom stereocenters. The lowest BCUT2D eigenvalue weighted by Gasteiger charge is -2.32. The molecule has 0 unspecified atom stereocenters. The Bertz CT molecular complexity index is 636. The van der Waals surface area contributed by atoms with E-state index >= 15 is 0 Å². The van der Waals surface area contributed by atoms with Crippen molar-refractivity contribution in [1.82, 2.24) is 0 Å². The van der Waals surface area contributed by atoms with E-state index in [9.17, 15) is 0 Å². The molecule has 4 nitrogen and oxygen atoms in total. The minimum Gasteiger partial charge on any atom is -0.397 e. The molecule has 0 saturated heterocycles. The zero-order valence-corrected chi connectivity index (χ0v) is 15.4. The van der Waals surface area contributed by atoms with Crippen molar-refractivity contribution in [2.24, 2.45) is 15.8 Å². The molecule has 1 aliphatic heterocycles. The fourth-order valence-electron chi connectivity index (χ4n) is 3.25. The topological polar surface area (TPSA) is 67.6 Å². The molecule has 2 rings (SSSR count). The first-order valence-corrected chi connectivity index (χ1v) is 9.08. The standard InChI is InChI=1S/C19H28N4S/c1-3-4-5-10-23-11-6-7-16-12-15(8-9-18(16)23)17(13-20)19(21)14(2)22-24/h8-9,12H,2-7,10-11,13,20-21H2,1H3/b19-17-. The van der Waals surface area contributed by atoms with Crippen LogP contribution in [-0.4, -0.2) is 19.6 Å². The second kappa shape index (κ2) is 8.94. The average Bonchev–Trinajstić information content (AvgIpc) is 2.61. The van der Waals surface area contributed by atoms with Crippen molar-refractivity contribution in [2.45, 2.75) is 39.0 Å². The lowest BCUT2D eigenvalue weighted by molar-refractivity contribution is 0.638. The van der Waals surface area contributed by atoms with Crippen LogP contribution < -0.4 is 16.4 Å². The number of hydrogen-bond donors (Lipinski definition) is 2. The first-order chi connectivity index (χ1) is 11.6. The van der Waals surface area contributed by atoms with Gasteiger partial charge in [-0.3, -0.25) is 0 Å². The number of rotatable bonds is 8. The van der Waals surface area contributed by atoms with E-state index in [4.69, 9.17) is 23.9 Å². The van der Waals surface area contributed by atoms with E-state index in [1.165, 1.54) is 36.9 Å². The summed E-state index contributed by atoms with van der Waals surface area (Å²) < 4.78 is 3.67. The molecule has 0 aromatic heterocycles. The van der Waals surface area contributed by atoms with Crippen LogP contribution in [0.15, 0.2) is 40.5 Å². The van der Waals surface area contributed by atoms with E-state index < -0.39 is 0 Å². The molecule has 1 aromatic carbocycles. The highest BCUT2D eigenvalue weighted by atomic mass is 32.1. The van der Waals surface area contributed by atoms with Gasteiger partial charge in [0.2, 0.25) is 0 Å². The second-order valence-electron chi connectivity index (χ2n) is 6.28. The molecule has 1 heterocycles. The number of fused-ring (bicyclic) bond motifs is 1. The van der Waals surface area contributed by atoms with Crippen LogP contribution in [0.3, 0.4) is 0 Å². The Kier molecular flexibility index (Phi) is 6.94. The van der Waals surface area contributed by atoms with Crippen LogP contribution in [0.2, 0.25) is 0 Å². The van der Waals surface area contributed by atoms with Crippen molar-refractivity contribution in [2.75, 3.05) is 24.5 Å². The minimum absolute atomic E-state index is 0.342. The number of anilines is 1. The van der Waals surface area contributed by atoms with Gasteiger partial charge in [0.25, 0.3) is 0 Å².